The van der Waals surface area contributed by atoms with Crippen LogP contribution in [0.3, 0.4) is 0 Å². The van der Waals surface area contributed by atoms with Crippen molar-refractivity contribution in [2.75, 3.05) is 6.54 Å². The van der Waals surface area contributed by atoms with E-state index >= 15 is 0 Å². The molecule has 1 heterocycles. The molecule has 1 saturated carbocycles. The topological polar surface area (TPSA) is 107 Å². The molecule has 20 heavy (non-hydrogen) atoms. The summed E-state index contributed by atoms with van der Waals surface area (Å²) in [6, 6.07) is -0.248. The maximum Gasteiger partial charge on any atom is 0.315 e. The van der Waals surface area contributed by atoms with E-state index in [1.807, 2.05) is 0 Å². The molecular formula is C13H20N4O3. The number of urea groups is 1. The van der Waals surface area contributed by atoms with E-state index in [9.17, 15) is 9.59 Å². The minimum Gasteiger partial charge on any atom is -0.481 e. The van der Waals surface area contributed by atoms with E-state index in [-0.39, 0.29) is 18.0 Å². The summed E-state index contributed by atoms with van der Waals surface area (Å²) in [4.78, 5) is 29.6. The Bertz CT molecular complexity index is 446. The Morgan fingerprint density at radius 2 is 2.30 bits per heavy atom. The van der Waals surface area contributed by atoms with Crippen LogP contribution in [0.5, 0.6) is 0 Å². The Labute approximate surface area is 117 Å². The third-order valence-electron chi connectivity index (χ3n) is 3.55. The molecule has 1 fully saturated rings. The number of nitrogens with zero attached hydrogens (tertiary/aromatic N) is 1. The SMILES string of the molecule is O=C(NCCCc1ncc[nH]1)NC1CCC(C(=O)O)C1. The largest absolute Gasteiger partial charge is 0.481 e. The lowest BCUT2D eigenvalue weighted by Crippen LogP contribution is -2.41. The number of carbonyl (C=O) groups is 2. The van der Waals surface area contributed by atoms with Gasteiger partial charge in [-0.25, -0.2) is 9.78 Å². The highest BCUT2D eigenvalue weighted by Crippen LogP contribution is 2.25. The van der Waals surface area contributed by atoms with E-state index in [0.29, 0.717) is 19.4 Å². The van der Waals surface area contributed by atoms with Crippen molar-refractivity contribution >= 4 is 12.0 Å². The number of nitrogens with one attached hydrogen (secondary N) is 3. The van der Waals surface area contributed by atoms with Crippen molar-refractivity contribution in [2.24, 2.45) is 5.92 Å². The first-order valence-corrected chi connectivity index (χ1v) is 6.90. The molecule has 2 atom stereocenters. The Morgan fingerprint density at radius 1 is 1.45 bits per heavy atom. The number of carbonyl (C=O) groups excluding carboxylic acids is 1. The molecule has 1 aliphatic carbocycles. The van der Waals surface area contributed by atoms with Gasteiger partial charge in [-0.2, -0.15) is 0 Å². The molecule has 0 aromatic carbocycles. The predicted octanol–water partition coefficient (Wildman–Crippen LogP) is 0.895. The molecule has 2 rings (SSSR count). The Balaban J connectivity index is 1.58. The van der Waals surface area contributed by atoms with Gasteiger partial charge in [0, 0.05) is 31.4 Å². The second-order valence-corrected chi connectivity index (χ2v) is 5.08. The first kappa shape index (κ1) is 14.4. The first-order chi connectivity index (χ1) is 9.65. The highest BCUT2D eigenvalue weighted by molar-refractivity contribution is 5.75. The lowest BCUT2D eigenvalue weighted by atomic mass is 10.1. The number of carboxylic acid groups (broad SMARTS) is 1. The maximum atomic E-state index is 11.6. The zero-order valence-electron chi connectivity index (χ0n) is 11.3. The summed E-state index contributed by atoms with van der Waals surface area (Å²) in [6.07, 6.45) is 6.97. The van der Waals surface area contributed by atoms with Crippen LogP contribution in [0.15, 0.2) is 12.4 Å². The first-order valence-electron chi connectivity index (χ1n) is 6.90. The molecule has 2 amide bonds. The molecule has 4 N–H and O–H groups in total. The Morgan fingerprint density at radius 3 is 2.95 bits per heavy atom. The zero-order valence-corrected chi connectivity index (χ0v) is 11.3. The van der Waals surface area contributed by atoms with E-state index in [4.69, 9.17) is 5.11 Å². The van der Waals surface area contributed by atoms with Crippen LogP contribution in [0.4, 0.5) is 4.79 Å². The van der Waals surface area contributed by atoms with Gasteiger partial charge in [-0.1, -0.05) is 0 Å². The van der Waals surface area contributed by atoms with Crippen LogP contribution in [0.25, 0.3) is 0 Å². The number of H-pyrrole nitrogens is 1. The van der Waals surface area contributed by atoms with E-state index < -0.39 is 5.97 Å². The molecule has 1 aromatic heterocycles. The summed E-state index contributed by atoms with van der Waals surface area (Å²) in [7, 11) is 0. The maximum absolute atomic E-state index is 11.6. The summed E-state index contributed by atoms with van der Waals surface area (Å²) in [5.74, 6) is -0.181. The fraction of sp³-hybridized carbons (Fsp3) is 0.615. The number of aromatic nitrogens is 2. The minimum absolute atomic E-state index is 0.0267. The molecule has 0 aliphatic heterocycles. The molecule has 0 saturated heterocycles. The van der Waals surface area contributed by atoms with Crippen LogP contribution < -0.4 is 10.6 Å². The van der Waals surface area contributed by atoms with Gasteiger partial charge in [0.2, 0.25) is 0 Å². The van der Waals surface area contributed by atoms with Crippen LogP contribution in [-0.2, 0) is 11.2 Å². The predicted molar refractivity (Wildman–Crippen MR) is 72.2 cm³/mol. The van der Waals surface area contributed by atoms with Crippen molar-refractivity contribution < 1.29 is 14.7 Å². The average molecular weight is 280 g/mol. The van der Waals surface area contributed by atoms with Crippen molar-refractivity contribution in [3.8, 4) is 0 Å². The number of aryl methyl sites for hydroxylation is 1. The van der Waals surface area contributed by atoms with Crippen molar-refractivity contribution in [1.29, 1.82) is 0 Å². The highest BCUT2D eigenvalue weighted by Gasteiger charge is 2.30. The normalized spacial score (nSPS) is 21.6. The molecular weight excluding hydrogens is 260 g/mol. The fourth-order valence-corrected chi connectivity index (χ4v) is 2.47. The van der Waals surface area contributed by atoms with Crippen LogP contribution in [0.1, 0.15) is 31.5 Å². The van der Waals surface area contributed by atoms with Gasteiger partial charge in [0.15, 0.2) is 0 Å². The summed E-state index contributed by atoms with van der Waals surface area (Å²) in [5, 5.41) is 14.5. The number of aromatic amines is 1. The summed E-state index contributed by atoms with van der Waals surface area (Å²) >= 11 is 0. The van der Waals surface area contributed by atoms with Crippen molar-refractivity contribution in [3.05, 3.63) is 18.2 Å². The van der Waals surface area contributed by atoms with Crippen LogP contribution in [0, 0.1) is 5.92 Å². The van der Waals surface area contributed by atoms with E-state index in [0.717, 1.165) is 25.1 Å². The van der Waals surface area contributed by atoms with Gasteiger partial charge in [0.1, 0.15) is 5.82 Å². The van der Waals surface area contributed by atoms with Gasteiger partial charge in [-0.15, -0.1) is 0 Å². The Hall–Kier alpha value is -2.05. The average Bonchev–Trinajstić information content (AvgIpc) is 3.05. The van der Waals surface area contributed by atoms with Gasteiger partial charge < -0.3 is 20.7 Å². The van der Waals surface area contributed by atoms with Crippen LogP contribution >= 0.6 is 0 Å². The minimum atomic E-state index is -0.770. The molecule has 0 radical (unpaired) electrons. The fourth-order valence-electron chi connectivity index (χ4n) is 2.47. The Kier molecular flexibility index (Phi) is 4.97. The monoisotopic (exact) mass is 280 g/mol. The van der Waals surface area contributed by atoms with E-state index in [1.165, 1.54) is 0 Å². The molecule has 0 bridgehead atoms. The summed E-state index contributed by atoms with van der Waals surface area (Å²) in [5.41, 5.74) is 0. The lowest BCUT2D eigenvalue weighted by Gasteiger charge is -2.13. The van der Waals surface area contributed by atoms with Crippen molar-refractivity contribution in [1.82, 2.24) is 20.6 Å². The number of hydrogen-bond acceptors (Lipinski definition) is 3. The van der Waals surface area contributed by atoms with Gasteiger partial charge in [-0.05, 0) is 25.7 Å². The number of carboxylic acids is 1. The lowest BCUT2D eigenvalue weighted by molar-refractivity contribution is -0.141. The van der Waals surface area contributed by atoms with Crippen LogP contribution in [-0.4, -0.2) is 39.7 Å². The third kappa shape index (κ3) is 4.25. The zero-order chi connectivity index (χ0) is 14.4. The number of amides is 2. The van der Waals surface area contributed by atoms with Gasteiger partial charge in [-0.3, -0.25) is 4.79 Å². The number of rotatable bonds is 6. The molecule has 1 aliphatic rings. The molecule has 110 valence electrons. The van der Waals surface area contributed by atoms with Gasteiger partial charge in [0.05, 0.1) is 5.92 Å². The summed E-state index contributed by atoms with van der Waals surface area (Å²) in [6.45, 7) is 0.571. The van der Waals surface area contributed by atoms with Crippen LogP contribution in [0.2, 0.25) is 0 Å². The van der Waals surface area contributed by atoms with Gasteiger partial charge in [0.25, 0.3) is 0 Å². The quantitative estimate of drug-likeness (QED) is 0.580. The molecule has 2 unspecified atom stereocenters. The van der Waals surface area contributed by atoms with Crippen molar-refractivity contribution in [3.63, 3.8) is 0 Å². The number of hydrogen-bond donors (Lipinski definition) is 4. The smallest absolute Gasteiger partial charge is 0.315 e. The molecule has 1 aromatic rings. The van der Waals surface area contributed by atoms with Gasteiger partial charge >= 0.3 is 12.0 Å². The van der Waals surface area contributed by atoms with Crippen molar-refractivity contribution in [2.45, 2.75) is 38.1 Å². The second kappa shape index (κ2) is 6.93. The number of imidazole rings is 1. The molecule has 7 nitrogen and oxygen atoms in total. The standard InChI is InChI=1S/C13H20N4O3/c18-12(19)9-3-4-10(8-9)17-13(20)16-5-1-2-11-14-6-7-15-11/h6-7,9-10H,1-5,8H2,(H,14,15)(H,18,19)(H2,16,17,20). The van der Waals surface area contributed by atoms with E-state index in [2.05, 4.69) is 20.6 Å². The summed E-state index contributed by atoms with van der Waals surface area (Å²) < 4.78 is 0. The number of aliphatic carboxylic acids is 1. The highest BCUT2D eigenvalue weighted by atomic mass is 16.4. The second-order valence-electron chi connectivity index (χ2n) is 5.08. The molecule has 7 heteroatoms. The third-order valence-corrected chi connectivity index (χ3v) is 3.55. The molecule has 0 spiro atoms. The van der Waals surface area contributed by atoms with E-state index in [1.54, 1.807) is 12.4 Å².